The Kier molecular flexibility index (Phi) is 5.65. The summed E-state index contributed by atoms with van der Waals surface area (Å²) in [6.07, 6.45) is -3.34. The normalized spacial score (nSPS) is 11.4. The molecule has 0 aliphatic rings. The first-order valence-corrected chi connectivity index (χ1v) is 7.74. The summed E-state index contributed by atoms with van der Waals surface area (Å²) in [5, 5.41) is 2.74. The van der Waals surface area contributed by atoms with Gasteiger partial charge in [0.25, 0.3) is 0 Å². The van der Waals surface area contributed by atoms with Crippen LogP contribution < -0.4 is 5.32 Å². The first kappa shape index (κ1) is 18.0. The molecular weight excluding hydrogens is 315 g/mol. The van der Waals surface area contributed by atoms with E-state index in [9.17, 15) is 18.0 Å². The highest BCUT2D eigenvalue weighted by Crippen LogP contribution is 2.29. The van der Waals surface area contributed by atoms with Crippen molar-refractivity contribution in [2.75, 3.05) is 0 Å². The molecule has 0 fully saturated rings. The third kappa shape index (κ3) is 5.11. The molecule has 2 rings (SSSR count). The number of carbonyl (C=O) groups excluding carboxylic acids is 1. The summed E-state index contributed by atoms with van der Waals surface area (Å²) in [6.45, 7) is 4.26. The smallest absolute Gasteiger partial charge is 0.352 e. The number of carbonyl (C=O) groups is 1. The molecule has 0 atom stereocenters. The Morgan fingerprint density at radius 2 is 1.71 bits per heavy atom. The quantitative estimate of drug-likeness (QED) is 0.852. The number of rotatable bonds is 5. The fourth-order valence-corrected chi connectivity index (χ4v) is 2.48. The van der Waals surface area contributed by atoms with Crippen molar-refractivity contribution in [3.63, 3.8) is 0 Å². The predicted molar refractivity (Wildman–Crippen MR) is 87.5 cm³/mol. The fourth-order valence-electron chi connectivity index (χ4n) is 2.48. The highest BCUT2D eigenvalue weighted by Gasteiger charge is 2.29. The summed E-state index contributed by atoms with van der Waals surface area (Å²) in [7, 11) is 0. The molecule has 24 heavy (non-hydrogen) atoms. The Hall–Kier alpha value is -2.30. The zero-order chi connectivity index (χ0) is 17.7. The van der Waals surface area contributed by atoms with Crippen LogP contribution in [-0.4, -0.2) is 5.91 Å². The number of hydrogen-bond donors (Lipinski definition) is 1. The van der Waals surface area contributed by atoms with Crippen LogP contribution in [0.4, 0.5) is 13.2 Å². The summed E-state index contributed by atoms with van der Waals surface area (Å²) in [5.74, 6) is -0.116. The molecule has 0 bridgehead atoms. The van der Waals surface area contributed by atoms with E-state index < -0.39 is 11.7 Å². The van der Waals surface area contributed by atoms with Gasteiger partial charge in [0.2, 0.25) is 5.91 Å². The van der Waals surface area contributed by atoms with Gasteiger partial charge in [-0.05, 0) is 49.1 Å². The summed E-state index contributed by atoms with van der Waals surface area (Å²) in [4.78, 5) is 11.9. The Morgan fingerprint density at radius 3 is 2.29 bits per heavy atom. The van der Waals surface area contributed by atoms with E-state index in [0.29, 0.717) is 18.4 Å². The predicted octanol–water partition coefficient (Wildman–Crippen LogP) is 4.57. The lowest BCUT2D eigenvalue weighted by atomic mass is 10.0. The number of hydrogen-bond acceptors (Lipinski definition) is 1. The van der Waals surface area contributed by atoms with Gasteiger partial charge < -0.3 is 5.32 Å². The van der Waals surface area contributed by atoms with Crippen LogP contribution in [0.3, 0.4) is 0 Å². The molecule has 2 aromatic rings. The SMILES string of the molecule is Cc1ccc(CCC(=O)NCc2ccc(C(F)(F)F)cc2)c(C)c1. The van der Waals surface area contributed by atoms with E-state index in [1.165, 1.54) is 17.7 Å². The third-order valence-corrected chi connectivity index (χ3v) is 3.89. The lowest BCUT2D eigenvalue weighted by molar-refractivity contribution is -0.137. The van der Waals surface area contributed by atoms with Gasteiger partial charge in [-0.3, -0.25) is 4.79 Å². The Balaban J connectivity index is 1.83. The molecule has 5 heteroatoms. The number of nitrogens with one attached hydrogen (secondary N) is 1. The molecule has 0 aliphatic heterocycles. The fraction of sp³-hybridized carbons (Fsp3) is 0.316. The molecule has 0 aliphatic carbocycles. The molecule has 128 valence electrons. The third-order valence-electron chi connectivity index (χ3n) is 3.89. The standard InChI is InChI=1S/C19H20F3NO/c1-13-3-6-16(14(2)11-13)7-10-18(24)23-12-15-4-8-17(9-5-15)19(20,21)22/h3-6,8-9,11H,7,10,12H2,1-2H3,(H,23,24). The monoisotopic (exact) mass is 335 g/mol. The highest BCUT2D eigenvalue weighted by molar-refractivity contribution is 5.76. The molecular formula is C19H20F3NO. The van der Waals surface area contributed by atoms with Gasteiger partial charge in [-0.25, -0.2) is 0 Å². The molecule has 0 radical (unpaired) electrons. The lowest BCUT2D eigenvalue weighted by Crippen LogP contribution is -2.23. The van der Waals surface area contributed by atoms with E-state index >= 15 is 0 Å². The maximum atomic E-state index is 12.5. The number of aryl methyl sites for hydroxylation is 3. The summed E-state index contributed by atoms with van der Waals surface area (Å²) in [5.41, 5.74) is 3.43. The number of halogens is 3. The minimum absolute atomic E-state index is 0.116. The molecule has 0 saturated carbocycles. The minimum atomic E-state index is -4.34. The van der Waals surface area contributed by atoms with Crippen LogP contribution >= 0.6 is 0 Å². The van der Waals surface area contributed by atoms with E-state index in [4.69, 9.17) is 0 Å². The molecule has 0 unspecified atom stereocenters. The molecule has 1 N–H and O–H groups in total. The summed E-state index contributed by atoms with van der Waals surface area (Å²) >= 11 is 0. The van der Waals surface area contributed by atoms with Crippen molar-refractivity contribution in [1.29, 1.82) is 0 Å². The molecule has 0 aromatic heterocycles. The Labute approximate surface area is 139 Å². The molecule has 0 spiro atoms. The van der Waals surface area contributed by atoms with Crippen molar-refractivity contribution in [3.8, 4) is 0 Å². The Bertz CT molecular complexity index is 706. The number of alkyl halides is 3. The number of amides is 1. The lowest BCUT2D eigenvalue weighted by Gasteiger charge is -2.09. The van der Waals surface area contributed by atoms with E-state index in [1.54, 1.807) is 0 Å². The van der Waals surface area contributed by atoms with Gasteiger partial charge in [-0.15, -0.1) is 0 Å². The van der Waals surface area contributed by atoms with Gasteiger partial charge >= 0.3 is 6.18 Å². The van der Waals surface area contributed by atoms with Crippen molar-refractivity contribution in [1.82, 2.24) is 5.32 Å². The summed E-state index contributed by atoms with van der Waals surface area (Å²) < 4.78 is 37.4. The second-order valence-electron chi connectivity index (χ2n) is 5.90. The molecule has 2 aromatic carbocycles. The zero-order valence-corrected chi connectivity index (χ0v) is 13.7. The first-order chi connectivity index (χ1) is 11.3. The van der Waals surface area contributed by atoms with Gasteiger partial charge in [0.05, 0.1) is 5.56 Å². The van der Waals surface area contributed by atoms with Gasteiger partial charge in [-0.1, -0.05) is 35.9 Å². The maximum Gasteiger partial charge on any atom is 0.416 e. The van der Waals surface area contributed by atoms with Crippen molar-refractivity contribution in [3.05, 3.63) is 70.3 Å². The van der Waals surface area contributed by atoms with Crippen LogP contribution in [-0.2, 0) is 23.9 Å². The van der Waals surface area contributed by atoms with Crippen molar-refractivity contribution < 1.29 is 18.0 Å². The van der Waals surface area contributed by atoms with Gasteiger partial charge in [0.15, 0.2) is 0 Å². The average Bonchev–Trinajstić information content (AvgIpc) is 2.51. The van der Waals surface area contributed by atoms with E-state index in [2.05, 4.69) is 11.4 Å². The van der Waals surface area contributed by atoms with Crippen LogP contribution in [0.1, 0.15) is 34.2 Å². The van der Waals surface area contributed by atoms with Gasteiger partial charge in [0.1, 0.15) is 0 Å². The summed E-state index contributed by atoms with van der Waals surface area (Å²) in [6, 6.07) is 10.9. The van der Waals surface area contributed by atoms with Crippen LogP contribution in [0, 0.1) is 13.8 Å². The minimum Gasteiger partial charge on any atom is -0.352 e. The van der Waals surface area contributed by atoms with Crippen LogP contribution in [0.25, 0.3) is 0 Å². The number of benzene rings is 2. The zero-order valence-electron chi connectivity index (χ0n) is 13.7. The van der Waals surface area contributed by atoms with Crippen molar-refractivity contribution in [2.24, 2.45) is 0 Å². The van der Waals surface area contributed by atoms with E-state index in [-0.39, 0.29) is 12.5 Å². The topological polar surface area (TPSA) is 29.1 Å². The van der Waals surface area contributed by atoms with E-state index in [0.717, 1.165) is 23.3 Å². The average molecular weight is 335 g/mol. The second kappa shape index (κ2) is 7.51. The molecule has 0 saturated heterocycles. The van der Waals surface area contributed by atoms with E-state index in [1.807, 2.05) is 26.0 Å². The van der Waals surface area contributed by atoms with Gasteiger partial charge in [-0.2, -0.15) is 13.2 Å². The van der Waals surface area contributed by atoms with Crippen LogP contribution in [0.2, 0.25) is 0 Å². The molecule has 0 heterocycles. The first-order valence-electron chi connectivity index (χ1n) is 7.74. The van der Waals surface area contributed by atoms with Gasteiger partial charge in [0, 0.05) is 13.0 Å². The second-order valence-corrected chi connectivity index (χ2v) is 5.90. The molecule has 2 nitrogen and oxygen atoms in total. The maximum absolute atomic E-state index is 12.5. The van der Waals surface area contributed by atoms with Crippen LogP contribution in [0.5, 0.6) is 0 Å². The van der Waals surface area contributed by atoms with Crippen LogP contribution in [0.15, 0.2) is 42.5 Å². The highest BCUT2D eigenvalue weighted by atomic mass is 19.4. The molecule has 1 amide bonds. The largest absolute Gasteiger partial charge is 0.416 e. The van der Waals surface area contributed by atoms with Crippen molar-refractivity contribution >= 4 is 5.91 Å². The van der Waals surface area contributed by atoms with Crippen molar-refractivity contribution in [2.45, 2.75) is 39.4 Å². The Morgan fingerprint density at radius 1 is 1.04 bits per heavy atom.